The molecular weight excluding hydrogens is 271 g/mol. The molecule has 5 heteroatoms. The molecule has 1 unspecified atom stereocenters. The Balaban J connectivity index is 2.40. The molecule has 0 heterocycles. The van der Waals surface area contributed by atoms with Crippen molar-refractivity contribution in [2.24, 2.45) is 0 Å². The van der Waals surface area contributed by atoms with E-state index >= 15 is 0 Å². The van der Waals surface area contributed by atoms with Gasteiger partial charge in [0.1, 0.15) is 11.4 Å². The molecule has 1 rings (SSSR count). The Labute approximate surface area is 126 Å². The Morgan fingerprint density at radius 2 is 2.00 bits per heavy atom. The van der Waals surface area contributed by atoms with Gasteiger partial charge in [0.2, 0.25) is 0 Å². The lowest BCUT2D eigenvalue weighted by atomic mass is 10.1. The molecule has 1 aromatic carbocycles. The lowest BCUT2D eigenvalue weighted by Gasteiger charge is -2.23. The molecule has 1 amide bonds. The van der Waals surface area contributed by atoms with Gasteiger partial charge in [0.05, 0.1) is 0 Å². The second-order valence-corrected chi connectivity index (χ2v) is 6.23. The number of alkyl carbamates (subject to hydrolysis) is 1. The Kier molecular flexibility index (Phi) is 6.15. The van der Waals surface area contributed by atoms with Crippen molar-refractivity contribution in [1.29, 1.82) is 0 Å². The number of benzene rings is 1. The van der Waals surface area contributed by atoms with E-state index in [9.17, 15) is 9.18 Å². The predicted octanol–water partition coefficient (Wildman–Crippen LogP) is 3.39. The van der Waals surface area contributed by atoms with Crippen LogP contribution in [0.4, 0.5) is 9.18 Å². The Bertz CT molecular complexity index is 472. The number of carbonyl (C=O) groups excluding carboxylic acids is 1. The molecule has 0 saturated carbocycles. The van der Waals surface area contributed by atoms with Gasteiger partial charge in [0.25, 0.3) is 0 Å². The van der Waals surface area contributed by atoms with Gasteiger partial charge in [-0.05, 0) is 52.3 Å². The van der Waals surface area contributed by atoms with E-state index in [1.165, 1.54) is 12.1 Å². The zero-order valence-electron chi connectivity index (χ0n) is 13.4. The second kappa shape index (κ2) is 7.41. The predicted molar refractivity (Wildman–Crippen MR) is 81.6 cm³/mol. The monoisotopic (exact) mass is 296 g/mol. The molecule has 0 aromatic heterocycles. The SMILES string of the molecule is CC(CNC(=O)OC(C)(C)C)N[C@@H](C)c1cccc(F)c1. The van der Waals surface area contributed by atoms with Gasteiger partial charge >= 0.3 is 6.09 Å². The maximum Gasteiger partial charge on any atom is 0.407 e. The fourth-order valence-electron chi connectivity index (χ4n) is 1.91. The van der Waals surface area contributed by atoms with Crippen molar-refractivity contribution in [3.8, 4) is 0 Å². The van der Waals surface area contributed by atoms with E-state index in [1.54, 1.807) is 6.07 Å². The highest BCUT2D eigenvalue weighted by molar-refractivity contribution is 5.67. The molecule has 1 aromatic rings. The van der Waals surface area contributed by atoms with Crippen molar-refractivity contribution < 1.29 is 13.9 Å². The van der Waals surface area contributed by atoms with E-state index < -0.39 is 11.7 Å². The average Bonchev–Trinajstić information content (AvgIpc) is 2.34. The summed E-state index contributed by atoms with van der Waals surface area (Å²) < 4.78 is 18.3. The zero-order chi connectivity index (χ0) is 16.0. The van der Waals surface area contributed by atoms with Crippen molar-refractivity contribution in [2.75, 3.05) is 6.54 Å². The molecule has 4 nitrogen and oxygen atoms in total. The van der Waals surface area contributed by atoms with E-state index in [-0.39, 0.29) is 17.9 Å². The van der Waals surface area contributed by atoms with Crippen molar-refractivity contribution in [2.45, 2.75) is 52.3 Å². The molecule has 0 aliphatic heterocycles. The van der Waals surface area contributed by atoms with Gasteiger partial charge in [-0.3, -0.25) is 0 Å². The summed E-state index contributed by atoms with van der Waals surface area (Å²) in [5, 5.41) is 6.01. The van der Waals surface area contributed by atoms with E-state index in [1.807, 2.05) is 40.7 Å². The smallest absolute Gasteiger partial charge is 0.407 e. The quantitative estimate of drug-likeness (QED) is 0.875. The first-order chi connectivity index (χ1) is 9.67. The minimum Gasteiger partial charge on any atom is -0.444 e. The normalized spacial score (nSPS) is 14.4. The van der Waals surface area contributed by atoms with Gasteiger partial charge in [-0.2, -0.15) is 0 Å². The topological polar surface area (TPSA) is 50.4 Å². The number of carbonyl (C=O) groups is 1. The summed E-state index contributed by atoms with van der Waals surface area (Å²) >= 11 is 0. The number of hydrogen-bond donors (Lipinski definition) is 2. The Morgan fingerprint density at radius 3 is 2.57 bits per heavy atom. The van der Waals surface area contributed by atoms with Crippen LogP contribution in [0.1, 0.15) is 46.2 Å². The van der Waals surface area contributed by atoms with Crippen LogP contribution in [-0.2, 0) is 4.74 Å². The van der Waals surface area contributed by atoms with Crippen molar-refractivity contribution in [1.82, 2.24) is 10.6 Å². The van der Waals surface area contributed by atoms with Crippen LogP contribution in [-0.4, -0.2) is 24.3 Å². The van der Waals surface area contributed by atoms with Gasteiger partial charge in [-0.1, -0.05) is 12.1 Å². The number of amides is 1. The summed E-state index contributed by atoms with van der Waals surface area (Å²) in [5.74, 6) is -0.249. The molecule has 0 saturated heterocycles. The summed E-state index contributed by atoms with van der Waals surface area (Å²) in [4.78, 5) is 11.6. The van der Waals surface area contributed by atoms with E-state index in [0.29, 0.717) is 6.54 Å². The minimum atomic E-state index is -0.504. The fraction of sp³-hybridized carbons (Fsp3) is 0.562. The van der Waals surface area contributed by atoms with Crippen molar-refractivity contribution in [3.05, 3.63) is 35.6 Å². The molecule has 0 aliphatic carbocycles. The standard InChI is InChI=1S/C16H25FN2O2/c1-11(10-18-15(20)21-16(3,4)5)19-12(2)13-7-6-8-14(17)9-13/h6-9,11-12,19H,10H2,1-5H3,(H,18,20)/t11?,12-/m0/s1. The van der Waals surface area contributed by atoms with Crippen LogP contribution in [0.25, 0.3) is 0 Å². The maximum atomic E-state index is 13.2. The van der Waals surface area contributed by atoms with Gasteiger partial charge in [-0.15, -0.1) is 0 Å². The number of nitrogens with one attached hydrogen (secondary N) is 2. The third-order valence-electron chi connectivity index (χ3n) is 2.83. The van der Waals surface area contributed by atoms with Gasteiger partial charge in [0, 0.05) is 18.6 Å². The second-order valence-electron chi connectivity index (χ2n) is 6.23. The summed E-state index contributed by atoms with van der Waals surface area (Å²) in [6, 6.07) is 6.52. The number of halogens is 1. The number of hydrogen-bond acceptors (Lipinski definition) is 3. The van der Waals surface area contributed by atoms with Crippen molar-refractivity contribution >= 4 is 6.09 Å². The first-order valence-electron chi connectivity index (χ1n) is 7.16. The molecule has 0 spiro atoms. The highest BCUT2D eigenvalue weighted by atomic mass is 19.1. The molecule has 0 fully saturated rings. The van der Waals surface area contributed by atoms with Gasteiger partial charge in [0.15, 0.2) is 0 Å². The summed E-state index contributed by atoms with van der Waals surface area (Å²) in [5.41, 5.74) is 0.370. The summed E-state index contributed by atoms with van der Waals surface area (Å²) in [7, 11) is 0. The molecule has 2 atom stereocenters. The first-order valence-corrected chi connectivity index (χ1v) is 7.16. The third kappa shape index (κ3) is 7.09. The highest BCUT2D eigenvalue weighted by Crippen LogP contribution is 2.14. The molecule has 118 valence electrons. The summed E-state index contributed by atoms with van der Waals surface area (Å²) in [6.45, 7) is 9.81. The van der Waals surface area contributed by atoms with Crippen LogP contribution in [0.5, 0.6) is 0 Å². The lowest BCUT2D eigenvalue weighted by Crippen LogP contribution is -2.41. The average molecular weight is 296 g/mol. The van der Waals surface area contributed by atoms with Crippen LogP contribution in [0.3, 0.4) is 0 Å². The van der Waals surface area contributed by atoms with E-state index in [0.717, 1.165) is 5.56 Å². The first kappa shape index (κ1) is 17.4. The zero-order valence-corrected chi connectivity index (χ0v) is 13.4. The minimum absolute atomic E-state index is 0.00358. The number of ether oxygens (including phenoxy) is 1. The lowest BCUT2D eigenvalue weighted by molar-refractivity contribution is 0.0522. The maximum absolute atomic E-state index is 13.2. The van der Waals surface area contributed by atoms with E-state index in [4.69, 9.17) is 4.74 Å². The molecular formula is C16H25FN2O2. The highest BCUT2D eigenvalue weighted by Gasteiger charge is 2.17. The third-order valence-corrected chi connectivity index (χ3v) is 2.83. The molecule has 0 radical (unpaired) electrons. The van der Waals surface area contributed by atoms with Gasteiger partial charge in [-0.25, -0.2) is 9.18 Å². The summed E-state index contributed by atoms with van der Waals surface area (Å²) in [6.07, 6.45) is -0.436. The van der Waals surface area contributed by atoms with Gasteiger partial charge < -0.3 is 15.4 Å². The molecule has 21 heavy (non-hydrogen) atoms. The van der Waals surface area contributed by atoms with Crippen molar-refractivity contribution in [3.63, 3.8) is 0 Å². The molecule has 0 aliphatic rings. The Morgan fingerprint density at radius 1 is 1.33 bits per heavy atom. The van der Waals surface area contributed by atoms with Crippen LogP contribution in [0.2, 0.25) is 0 Å². The molecule has 2 N–H and O–H groups in total. The van der Waals surface area contributed by atoms with Crippen LogP contribution in [0.15, 0.2) is 24.3 Å². The molecule has 0 bridgehead atoms. The van der Waals surface area contributed by atoms with Crippen LogP contribution >= 0.6 is 0 Å². The van der Waals surface area contributed by atoms with E-state index in [2.05, 4.69) is 10.6 Å². The number of rotatable bonds is 5. The largest absolute Gasteiger partial charge is 0.444 e. The van der Waals surface area contributed by atoms with Crippen LogP contribution in [0, 0.1) is 5.82 Å². The Hall–Kier alpha value is -1.62. The van der Waals surface area contributed by atoms with Crippen LogP contribution < -0.4 is 10.6 Å². The fourth-order valence-corrected chi connectivity index (χ4v) is 1.91.